The van der Waals surface area contributed by atoms with Crippen LogP contribution < -0.4 is 14.7 Å². The third-order valence-corrected chi connectivity index (χ3v) is 15.9. The standard InChI is InChI=1S/3C27H21N/c1-20-8-2-7-13-27(20)28(25-16-14-21-9-3-5-11-23(21)18-25)26-17-15-22-10-4-6-12-24(22)19-26;1-20-7-6-12-25(17-20)28(26-15-13-21-8-2-4-10-23(21)18-26)27-16-14-22-9-3-5-11-24(22)19-27;1-20-10-14-25(15-11-20)28(26-16-12-21-6-2-4-8-23(21)18-26)27-17-13-22-7-3-5-9-24(22)19-27/h3*2-19H,1H3. The Morgan fingerprint density at radius 3 is 0.750 bits per heavy atom. The van der Waals surface area contributed by atoms with Crippen molar-refractivity contribution in [3.05, 3.63) is 344 Å². The predicted molar refractivity (Wildman–Crippen MR) is 363 cm³/mol. The van der Waals surface area contributed by atoms with Crippen LogP contribution in [0, 0.1) is 20.8 Å². The molecule has 0 N–H and O–H groups in total. The Hall–Kier alpha value is -10.7. The zero-order valence-corrected chi connectivity index (χ0v) is 47.5. The van der Waals surface area contributed by atoms with E-state index in [-0.39, 0.29) is 0 Å². The molecule has 402 valence electrons. The fourth-order valence-electron chi connectivity index (χ4n) is 11.5. The number of hydrogen-bond acceptors (Lipinski definition) is 3. The molecule has 15 aromatic rings. The fraction of sp³-hybridized carbons (Fsp3) is 0.0370. The van der Waals surface area contributed by atoms with E-state index in [0.717, 1.165) is 17.1 Å². The summed E-state index contributed by atoms with van der Waals surface area (Å²) < 4.78 is 0. The van der Waals surface area contributed by atoms with E-state index in [4.69, 9.17) is 0 Å². The molecule has 0 saturated heterocycles. The summed E-state index contributed by atoms with van der Waals surface area (Å²) in [5, 5.41) is 15.0. The van der Waals surface area contributed by atoms with Crippen molar-refractivity contribution in [2.45, 2.75) is 20.8 Å². The molecule has 3 heteroatoms. The molecule has 0 saturated carbocycles. The lowest BCUT2D eigenvalue weighted by Gasteiger charge is -2.27. The summed E-state index contributed by atoms with van der Waals surface area (Å²) >= 11 is 0. The molecule has 0 bridgehead atoms. The van der Waals surface area contributed by atoms with Crippen LogP contribution in [0.25, 0.3) is 64.6 Å². The molecule has 0 aromatic heterocycles. The van der Waals surface area contributed by atoms with Crippen LogP contribution >= 0.6 is 0 Å². The molecule has 15 aromatic carbocycles. The minimum Gasteiger partial charge on any atom is -0.310 e. The van der Waals surface area contributed by atoms with Gasteiger partial charge in [-0.25, -0.2) is 0 Å². The molecule has 0 amide bonds. The second-order valence-corrected chi connectivity index (χ2v) is 21.7. The van der Waals surface area contributed by atoms with Crippen LogP contribution in [0.15, 0.2) is 328 Å². The van der Waals surface area contributed by atoms with Gasteiger partial charge < -0.3 is 14.7 Å². The van der Waals surface area contributed by atoms with Gasteiger partial charge in [-0.1, -0.05) is 230 Å². The number of benzene rings is 15. The largest absolute Gasteiger partial charge is 0.310 e. The van der Waals surface area contributed by atoms with Crippen molar-refractivity contribution in [3.63, 3.8) is 0 Å². The van der Waals surface area contributed by atoms with Gasteiger partial charge in [0.1, 0.15) is 0 Å². The summed E-state index contributed by atoms with van der Waals surface area (Å²) in [6, 6.07) is 117. The highest BCUT2D eigenvalue weighted by Gasteiger charge is 2.18. The van der Waals surface area contributed by atoms with Crippen LogP contribution in [-0.2, 0) is 0 Å². The topological polar surface area (TPSA) is 9.72 Å². The molecule has 0 fully saturated rings. The lowest BCUT2D eigenvalue weighted by Crippen LogP contribution is -2.11. The number of anilines is 9. The van der Waals surface area contributed by atoms with Crippen LogP contribution in [0.5, 0.6) is 0 Å². The van der Waals surface area contributed by atoms with Crippen molar-refractivity contribution >= 4 is 116 Å². The summed E-state index contributed by atoms with van der Waals surface area (Å²) in [4.78, 5) is 7.03. The second kappa shape index (κ2) is 23.8. The van der Waals surface area contributed by atoms with E-state index in [2.05, 4.69) is 363 Å². The summed E-state index contributed by atoms with van der Waals surface area (Å²) in [6.07, 6.45) is 0. The second-order valence-electron chi connectivity index (χ2n) is 21.7. The highest BCUT2D eigenvalue weighted by molar-refractivity contribution is 5.96. The summed E-state index contributed by atoms with van der Waals surface area (Å²) in [6.45, 7) is 6.44. The number of aryl methyl sites for hydroxylation is 3. The van der Waals surface area contributed by atoms with E-state index < -0.39 is 0 Å². The summed E-state index contributed by atoms with van der Waals surface area (Å²) in [5.41, 5.74) is 14.3. The Balaban J connectivity index is 0.000000118. The highest BCUT2D eigenvalue weighted by Crippen LogP contribution is 2.41. The van der Waals surface area contributed by atoms with Crippen LogP contribution in [0.2, 0.25) is 0 Å². The first-order valence-corrected chi connectivity index (χ1v) is 28.9. The maximum Gasteiger partial charge on any atom is 0.0490 e. The minimum atomic E-state index is 1.16. The Morgan fingerprint density at radius 1 is 0.167 bits per heavy atom. The van der Waals surface area contributed by atoms with Gasteiger partial charge in [-0.2, -0.15) is 0 Å². The lowest BCUT2D eigenvalue weighted by atomic mass is 10.1. The van der Waals surface area contributed by atoms with E-state index in [1.165, 1.54) is 115 Å². The summed E-state index contributed by atoms with van der Waals surface area (Å²) in [7, 11) is 0. The molecule has 0 unspecified atom stereocenters. The molecular formula is C81H63N3. The van der Waals surface area contributed by atoms with Gasteiger partial charge in [0.25, 0.3) is 0 Å². The third kappa shape index (κ3) is 11.3. The molecular weight excluding hydrogens is 1010 g/mol. The van der Waals surface area contributed by atoms with Gasteiger partial charge in [-0.3, -0.25) is 0 Å². The number of para-hydroxylation sites is 1. The van der Waals surface area contributed by atoms with Crippen LogP contribution in [0.3, 0.4) is 0 Å². The number of rotatable bonds is 9. The van der Waals surface area contributed by atoms with Crippen LogP contribution in [0.4, 0.5) is 51.2 Å². The Labute approximate surface area is 492 Å². The predicted octanol–water partition coefficient (Wildman–Crippen LogP) is 23.3. The quantitative estimate of drug-likeness (QED) is 0.143. The van der Waals surface area contributed by atoms with Crippen molar-refractivity contribution in [1.82, 2.24) is 0 Å². The molecule has 15 rings (SSSR count). The molecule has 84 heavy (non-hydrogen) atoms. The van der Waals surface area contributed by atoms with Gasteiger partial charge in [-0.05, 0) is 200 Å². The molecule has 0 aliphatic heterocycles. The monoisotopic (exact) mass is 1080 g/mol. The molecule has 0 aliphatic carbocycles. The van der Waals surface area contributed by atoms with Crippen LogP contribution in [0.1, 0.15) is 16.7 Å². The molecule has 0 radical (unpaired) electrons. The average molecular weight is 1080 g/mol. The van der Waals surface area contributed by atoms with E-state index in [9.17, 15) is 0 Å². The van der Waals surface area contributed by atoms with E-state index in [0.29, 0.717) is 0 Å². The van der Waals surface area contributed by atoms with Gasteiger partial charge in [0, 0.05) is 51.2 Å². The summed E-state index contributed by atoms with van der Waals surface area (Å²) in [5.74, 6) is 0. The first kappa shape index (κ1) is 52.6. The Bertz CT molecular complexity index is 4570. The Morgan fingerprint density at radius 2 is 0.429 bits per heavy atom. The van der Waals surface area contributed by atoms with Gasteiger partial charge >= 0.3 is 0 Å². The number of hydrogen-bond donors (Lipinski definition) is 0. The molecule has 0 atom stereocenters. The van der Waals surface area contributed by atoms with E-state index in [1.54, 1.807) is 0 Å². The fourth-order valence-corrected chi connectivity index (χ4v) is 11.5. The van der Waals surface area contributed by atoms with Gasteiger partial charge in [0.15, 0.2) is 0 Å². The van der Waals surface area contributed by atoms with Crippen molar-refractivity contribution < 1.29 is 0 Å². The van der Waals surface area contributed by atoms with Crippen molar-refractivity contribution in [3.8, 4) is 0 Å². The maximum absolute atomic E-state index is 2.36. The van der Waals surface area contributed by atoms with Gasteiger partial charge in [-0.15, -0.1) is 0 Å². The van der Waals surface area contributed by atoms with Crippen molar-refractivity contribution in [1.29, 1.82) is 0 Å². The number of nitrogens with zero attached hydrogens (tertiary/aromatic N) is 3. The van der Waals surface area contributed by atoms with Gasteiger partial charge in [0.05, 0.1) is 0 Å². The Kier molecular flexibility index (Phi) is 14.9. The SMILES string of the molecule is Cc1ccc(N(c2ccc3ccccc3c2)c2ccc3ccccc3c2)cc1.Cc1cccc(N(c2ccc3ccccc3c2)c2ccc3ccccc3c2)c1.Cc1ccccc1N(c1ccc2ccccc2c1)c1ccc2ccccc2c1. The highest BCUT2D eigenvalue weighted by atomic mass is 15.2. The van der Waals surface area contributed by atoms with Crippen molar-refractivity contribution in [2.24, 2.45) is 0 Å². The zero-order chi connectivity index (χ0) is 56.8. The normalized spacial score (nSPS) is 11.0. The molecule has 3 nitrogen and oxygen atoms in total. The molecule has 0 spiro atoms. The smallest absolute Gasteiger partial charge is 0.0490 e. The number of fused-ring (bicyclic) bond motifs is 6. The third-order valence-electron chi connectivity index (χ3n) is 15.9. The van der Waals surface area contributed by atoms with Crippen molar-refractivity contribution in [2.75, 3.05) is 14.7 Å². The average Bonchev–Trinajstić information content (AvgIpc) is 3.71. The lowest BCUT2D eigenvalue weighted by molar-refractivity contribution is 1.26. The maximum atomic E-state index is 2.36. The first-order valence-electron chi connectivity index (χ1n) is 28.9. The van der Waals surface area contributed by atoms with E-state index in [1.807, 2.05) is 0 Å². The molecule has 0 heterocycles. The molecule has 0 aliphatic rings. The van der Waals surface area contributed by atoms with Gasteiger partial charge in [0.2, 0.25) is 0 Å². The van der Waals surface area contributed by atoms with E-state index >= 15 is 0 Å². The zero-order valence-electron chi connectivity index (χ0n) is 47.5. The van der Waals surface area contributed by atoms with Crippen LogP contribution in [-0.4, -0.2) is 0 Å². The minimum absolute atomic E-state index is 1.16. The first-order chi connectivity index (χ1) is 41.3.